The van der Waals surface area contributed by atoms with E-state index >= 15 is 0 Å². The van der Waals surface area contributed by atoms with Crippen molar-refractivity contribution in [2.45, 2.75) is 6.54 Å². The smallest absolute Gasteiger partial charge is 0.311 e. The van der Waals surface area contributed by atoms with E-state index in [4.69, 9.17) is 19.3 Å². The number of piperazine rings is 1. The fraction of sp³-hybridized carbons (Fsp3) is 0.556. The van der Waals surface area contributed by atoms with Gasteiger partial charge in [0.05, 0.1) is 19.8 Å². The Balaban J connectivity index is 1.39. The zero-order chi connectivity index (χ0) is 19.1. The van der Waals surface area contributed by atoms with Crippen LogP contribution in [-0.4, -0.2) is 86.1 Å². The van der Waals surface area contributed by atoms with E-state index in [1.54, 1.807) is 4.90 Å². The number of amides is 2. The summed E-state index contributed by atoms with van der Waals surface area (Å²) in [6.45, 7) is 4.11. The summed E-state index contributed by atoms with van der Waals surface area (Å²) in [5.41, 5.74) is 1.12. The van der Waals surface area contributed by atoms with Crippen LogP contribution >= 0.6 is 0 Å². The Labute approximate surface area is 157 Å². The predicted molar refractivity (Wildman–Crippen MR) is 95.3 cm³/mol. The Morgan fingerprint density at radius 3 is 2.67 bits per heavy atom. The minimum atomic E-state index is -0.619. The molecule has 0 spiro atoms. The molecule has 1 aromatic carbocycles. The number of rotatable bonds is 7. The molecule has 0 unspecified atom stereocenters. The van der Waals surface area contributed by atoms with Crippen molar-refractivity contribution in [2.75, 3.05) is 59.3 Å². The summed E-state index contributed by atoms with van der Waals surface area (Å²) >= 11 is 0. The highest BCUT2D eigenvalue weighted by Gasteiger charge is 2.26. The lowest BCUT2D eigenvalue weighted by Gasteiger charge is -2.34. The molecule has 3 rings (SSSR count). The zero-order valence-corrected chi connectivity index (χ0v) is 15.2. The molecular weight excluding hydrogens is 354 g/mol. The monoisotopic (exact) mass is 379 g/mol. The molecule has 9 nitrogen and oxygen atoms in total. The maximum atomic E-state index is 12.2. The van der Waals surface area contributed by atoms with E-state index < -0.39 is 11.8 Å². The minimum absolute atomic E-state index is 0.0661. The molecule has 0 aliphatic carbocycles. The zero-order valence-electron chi connectivity index (χ0n) is 15.2. The normalized spacial score (nSPS) is 16.4. The average molecular weight is 379 g/mol. The van der Waals surface area contributed by atoms with Gasteiger partial charge in [-0.1, -0.05) is 6.07 Å². The number of aliphatic hydroxyl groups excluding tert-OH is 1. The number of hydrogen-bond donors (Lipinski definition) is 2. The number of aliphatic hydroxyl groups is 1. The van der Waals surface area contributed by atoms with Crippen molar-refractivity contribution in [1.29, 1.82) is 0 Å². The van der Waals surface area contributed by atoms with Crippen LogP contribution in [0.3, 0.4) is 0 Å². The first kappa shape index (κ1) is 19.4. The molecule has 2 N–H and O–H groups in total. The van der Waals surface area contributed by atoms with Crippen LogP contribution in [-0.2, 0) is 20.9 Å². The molecule has 2 aliphatic rings. The second kappa shape index (κ2) is 9.54. The van der Waals surface area contributed by atoms with E-state index in [0.29, 0.717) is 26.2 Å². The summed E-state index contributed by atoms with van der Waals surface area (Å²) in [5.74, 6) is 0.398. The largest absolute Gasteiger partial charge is 0.454 e. The summed E-state index contributed by atoms with van der Waals surface area (Å²) in [4.78, 5) is 27.9. The standard InChI is InChI=1S/C18H25N3O6/c22-8-10-25-9-3-19-17(23)18(24)21-6-4-20(5-7-21)12-14-1-2-15-16(11-14)27-13-26-15/h1-2,11,22H,3-10,12-13H2,(H,19,23). The molecule has 0 aromatic heterocycles. The molecule has 148 valence electrons. The van der Waals surface area contributed by atoms with Crippen LogP contribution in [0, 0.1) is 0 Å². The lowest BCUT2D eigenvalue weighted by Crippen LogP contribution is -2.52. The van der Waals surface area contributed by atoms with Crippen LogP contribution in [0.5, 0.6) is 11.5 Å². The molecule has 1 aromatic rings. The lowest BCUT2D eigenvalue weighted by molar-refractivity contribution is -0.147. The summed E-state index contributed by atoms with van der Waals surface area (Å²) in [6.07, 6.45) is 0. The number of hydrogen-bond acceptors (Lipinski definition) is 7. The molecule has 2 aliphatic heterocycles. The van der Waals surface area contributed by atoms with Gasteiger partial charge in [0.1, 0.15) is 0 Å². The van der Waals surface area contributed by atoms with Crippen molar-refractivity contribution < 1.29 is 28.9 Å². The van der Waals surface area contributed by atoms with Gasteiger partial charge in [0, 0.05) is 39.3 Å². The molecule has 1 fully saturated rings. The van der Waals surface area contributed by atoms with E-state index in [2.05, 4.69) is 10.2 Å². The van der Waals surface area contributed by atoms with Gasteiger partial charge < -0.3 is 29.5 Å². The van der Waals surface area contributed by atoms with Crippen LogP contribution < -0.4 is 14.8 Å². The second-order valence-electron chi connectivity index (χ2n) is 6.35. The van der Waals surface area contributed by atoms with Crippen molar-refractivity contribution in [3.05, 3.63) is 23.8 Å². The highest BCUT2D eigenvalue weighted by molar-refractivity contribution is 6.35. The highest BCUT2D eigenvalue weighted by atomic mass is 16.7. The Morgan fingerprint density at radius 2 is 1.89 bits per heavy atom. The van der Waals surface area contributed by atoms with Crippen LogP contribution in [0.15, 0.2) is 18.2 Å². The fourth-order valence-electron chi connectivity index (χ4n) is 3.03. The first-order chi connectivity index (χ1) is 13.2. The number of benzene rings is 1. The minimum Gasteiger partial charge on any atom is -0.454 e. The van der Waals surface area contributed by atoms with Gasteiger partial charge in [0.2, 0.25) is 6.79 Å². The topological polar surface area (TPSA) is 101 Å². The van der Waals surface area contributed by atoms with E-state index in [9.17, 15) is 9.59 Å². The van der Waals surface area contributed by atoms with E-state index in [0.717, 1.165) is 23.6 Å². The SMILES string of the molecule is O=C(NCCOCCO)C(=O)N1CCN(Cc2ccc3c(c2)OCO3)CC1. The average Bonchev–Trinajstić information content (AvgIpc) is 3.15. The van der Waals surface area contributed by atoms with Crippen molar-refractivity contribution in [1.82, 2.24) is 15.1 Å². The second-order valence-corrected chi connectivity index (χ2v) is 6.35. The summed E-state index contributed by atoms with van der Waals surface area (Å²) < 4.78 is 15.8. The van der Waals surface area contributed by atoms with Crippen LogP contribution in [0.1, 0.15) is 5.56 Å². The van der Waals surface area contributed by atoms with Gasteiger partial charge in [-0.05, 0) is 17.7 Å². The molecular formula is C18H25N3O6. The molecule has 0 saturated carbocycles. The number of fused-ring (bicyclic) bond motifs is 1. The van der Waals surface area contributed by atoms with Crippen LogP contribution in [0.4, 0.5) is 0 Å². The van der Waals surface area contributed by atoms with Crippen molar-refractivity contribution in [3.8, 4) is 11.5 Å². The Kier molecular flexibility index (Phi) is 6.86. The molecule has 2 amide bonds. The highest BCUT2D eigenvalue weighted by Crippen LogP contribution is 2.32. The quantitative estimate of drug-likeness (QED) is 0.472. The Morgan fingerprint density at radius 1 is 1.11 bits per heavy atom. The van der Waals surface area contributed by atoms with Crippen molar-refractivity contribution in [2.24, 2.45) is 0 Å². The summed E-state index contributed by atoms with van der Waals surface area (Å²) in [6, 6.07) is 5.90. The number of carbonyl (C=O) groups excluding carboxylic acids is 2. The molecule has 1 saturated heterocycles. The number of nitrogens with one attached hydrogen (secondary N) is 1. The lowest BCUT2D eigenvalue weighted by atomic mass is 10.1. The Hall–Kier alpha value is -2.36. The van der Waals surface area contributed by atoms with E-state index in [-0.39, 0.29) is 33.2 Å². The number of carbonyl (C=O) groups is 2. The predicted octanol–water partition coefficient (Wildman–Crippen LogP) is -0.815. The third-order valence-corrected chi connectivity index (χ3v) is 4.46. The molecule has 2 heterocycles. The summed E-state index contributed by atoms with van der Waals surface area (Å²) in [5, 5.41) is 11.1. The maximum absolute atomic E-state index is 12.2. The van der Waals surface area contributed by atoms with Crippen molar-refractivity contribution >= 4 is 11.8 Å². The number of ether oxygens (including phenoxy) is 3. The van der Waals surface area contributed by atoms with Gasteiger partial charge in [-0.15, -0.1) is 0 Å². The molecule has 9 heteroatoms. The van der Waals surface area contributed by atoms with Crippen molar-refractivity contribution in [3.63, 3.8) is 0 Å². The van der Waals surface area contributed by atoms with Crippen LogP contribution in [0.25, 0.3) is 0 Å². The maximum Gasteiger partial charge on any atom is 0.311 e. The fourth-order valence-corrected chi connectivity index (χ4v) is 3.03. The summed E-state index contributed by atoms with van der Waals surface area (Å²) in [7, 11) is 0. The van der Waals surface area contributed by atoms with Gasteiger partial charge >= 0.3 is 11.8 Å². The third kappa shape index (κ3) is 5.31. The van der Waals surface area contributed by atoms with E-state index in [1.807, 2.05) is 18.2 Å². The first-order valence-corrected chi connectivity index (χ1v) is 9.04. The van der Waals surface area contributed by atoms with Gasteiger partial charge in [-0.2, -0.15) is 0 Å². The molecule has 0 radical (unpaired) electrons. The Bertz CT molecular complexity index is 660. The van der Waals surface area contributed by atoms with Gasteiger partial charge in [-0.3, -0.25) is 14.5 Å². The molecule has 0 atom stereocenters. The van der Waals surface area contributed by atoms with Crippen LogP contribution in [0.2, 0.25) is 0 Å². The molecule has 27 heavy (non-hydrogen) atoms. The first-order valence-electron chi connectivity index (χ1n) is 9.04. The third-order valence-electron chi connectivity index (χ3n) is 4.46. The van der Waals surface area contributed by atoms with Gasteiger partial charge in [0.25, 0.3) is 0 Å². The molecule has 0 bridgehead atoms. The van der Waals surface area contributed by atoms with E-state index in [1.165, 1.54) is 0 Å². The van der Waals surface area contributed by atoms with Gasteiger partial charge in [0.15, 0.2) is 11.5 Å². The van der Waals surface area contributed by atoms with Gasteiger partial charge in [-0.25, -0.2) is 0 Å². The number of nitrogens with zero attached hydrogens (tertiary/aromatic N) is 2.